The van der Waals surface area contributed by atoms with Crippen LogP contribution in [0.2, 0.25) is 0 Å². The van der Waals surface area contributed by atoms with Crippen molar-refractivity contribution in [1.29, 1.82) is 0 Å². The minimum atomic E-state index is -0.285. The maximum Gasteiger partial charge on any atom is 0.258 e. The molecule has 1 atom stereocenters. The number of methoxy groups -OCH3 is 1. The Bertz CT molecular complexity index is 764. The monoisotopic (exact) mass is 328 g/mol. The number of ether oxygens (including phenoxy) is 2. The molecule has 0 aliphatic carbocycles. The van der Waals surface area contributed by atoms with Crippen LogP contribution in [0.25, 0.3) is 5.69 Å². The lowest BCUT2D eigenvalue weighted by molar-refractivity contribution is 0.0854. The fraction of sp³-hybridized carbons (Fsp3) is 0.333. The molecule has 0 unspecified atom stereocenters. The molecule has 0 saturated carbocycles. The fourth-order valence-electron chi connectivity index (χ4n) is 2.75. The molecular formula is C18H20N2O4. The van der Waals surface area contributed by atoms with Gasteiger partial charge in [0.25, 0.3) is 11.5 Å². The molecule has 2 aromatic rings. The second-order valence-corrected chi connectivity index (χ2v) is 5.64. The van der Waals surface area contributed by atoms with Gasteiger partial charge in [0.05, 0.1) is 18.8 Å². The molecule has 0 radical (unpaired) electrons. The molecule has 6 nitrogen and oxygen atoms in total. The standard InChI is InChI=1S/C18H20N2O4/c1-23-16-10-17(21)20(13-6-3-2-4-7-13)12-15(16)18(22)19-11-14-8-5-9-24-14/h2-4,6-7,10,12,14H,5,8-9,11H2,1H3,(H,19,22)/t14-/m1/s1. The molecule has 1 N–H and O–H groups in total. The first-order valence-electron chi connectivity index (χ1n) is 7.95. The number of carbonyl (C=O) groups is 1. The molecule has 0 spiro atoms. The largest absolute Gasteiger partial charge is 0.496 e. The summed E-state index contributed by atoms with van der Waals surface area (Å²) < 4.78 is 12.1. The predicted octanol–water partition coefficient (Wildman–Crippen LogP) is 1.75. The Morgan fingerprint density at radius 3 is 2.83 bits per heavy atom. The Labute approximate surface area is 140 Å². The topological polar surface area (TPSA) is 69.6 Å². The van der Waals surface area contributed by atoms with E-state index in [1.165, 1.54) is 23.9 Å². The van der Waals surface area contributed by atoms with Crippen molar-refractivity contribution in [2.75, 3.05) is 20.3 Å². The van der Waals surface area contributed by atoms with E-state index in [2.05, 4.69) is 5.32 Å². The van der Waals surface area contributed by atoms with Gasteiger partial charge in [-0.3, -0.25) is 14.2 Å². The highest BCUT2D eigenvalue weighted by molar-refractivity contribution is 5.96. The Hall–Kier alpha value is -2.60. The molecule has 2 heterocycles. The van der Waals surface area contributed by atoms with Gasteiger partial charge in [-0.05, 0) is 25.0 Å². The zero-order valence-electron chi connectivity index (χ0n) is 13.5. The number of para-hydroxylation sites is 1. The summed E-state index contributed by atoms with van der Waals surface area (Å²) in [6.07, 6.45) is 3.53. The van der Waals surface area contributed by atoms with Crippen LogP contribution in [0, 0.1) is 0 Å². The third kappa shape index (κ3) is 3.49. The second-order valence-electron chi connectivity index (χ2n) is 5.64. The zero-order chi connectivity index (χ0) is 16.9. The van der Waals surface area contributed by atoms with Crippen LogP contribution in [0.4, 0.5) is 0 Å². The van der Waals surface area contributed by atoms with Crippen LogP contribution in [0.1, 0.15) is 23.2 Å². The molecule has 1 fully saturated rings. The number of hydrogen-bond donors (Lipinski definition) is 1. The molecule has 3 rings (SSSR count). The first-order valence-corrected chi connectivity index (χ1v) is 7.95. The average molecular weight is 328 g/mol. The van der Waals surface area contributed by atoms with E-state index in [0.29, 0.717) is 17.8 Å². The molecule has 1 amide bonds. The molecule has 1 aromatic carbocycles. The van der Waals surface area contributed by atoms with Crippen LogP contribution in [-0.4, -0.2) is 36.8 Å². The summed E-state index contributed by atoms with van der Waals surface area (Å²) in [6.45, 7) is 1.19. The summed E-state index contributed by atoms with van der Waals surface area (Å²) in [7, 11) is 1.44. The van der Waals surface area contributed by atoms with Crippen molar-refractivity contribution in [2.24, 2.45) is 0 Å². The summed E-state index contributed by atoms with van der Waals surface area (Å²) in [5.41, 5.74) is 0.756. The summed E-state index contributed by atoms with van der Waals surface area (Å²) in [5, 5.41) is 2.85. The van der Waals surface area contributed by atoms with Crippen LogP contribution < -0.4 is 15.6 Å². The van der Waals surface area contributed by atoms with Gasteiger partial charge in [-0.25, -0.2) is 0 Å². The first kappa shape index (κ1) is 16.3. The van der Waals surface area contributed by atoms with E-state index in [0.717, 1.165) is 19.4 Å². The van der Waals surface area contributed by atoms with Crippen LogP contribution in [0.3, 0.4) is 0 Å². The third-order valence-corrected chi connectivity index (χ3v) is 4.03. The lowest BCUT2D eigenvalue weighted by Crippen LogP contribution is -2.33. The number of benzene rings is 1. The molecule has 24 heavy (non-hydrogen) atoms. The van der Waals surface area contributed by atoms with Crippen molar-refractivity contribution >= 4 is 5.91 Å². The number of hydrogen-bond acceptors (Lipinski definition) is 4. The minimum Gasteiger partial charge on any atom is -0.496 e. The molecule has 126 valence electrons. The van der Waals surface area contributed by atoms with E-state index in [1.54, 1.807) is 0 Å². The quantitative estimate of drug-likeness (QED) is 0.908. The normalized spacial score (nSPS) is 16.8. The van der Waals surface area contributed by atoms with Gasteiger partial charge in [-0.2, -0.15) is 0 Å². The van der Waals surface area contributed by atoms with Crippen LogP contribution in [0.15, 0.2) is 47.4 Å². The molecule has 0 bridgehead atoms. The summed E-state index contributed by atoms with van der Waals surface area (Å²) >= 11 is 0. The second kappa shape index (κ2) is 7.31. The Morgan fingerprint density at radius 2 is 2.17 bits per heavy atom. The van der Waals surface area contributed by atoms with E-state index >= 15 is 0 Å². The van der Waals surface area contributed by atoms with Crippen molar-refractivity contribution < 1.29 is 14.3 Å². The van der Waals surface area contributed by atoms with Gasteiger partial charge < -0.3 is 14.8 Å². The Kier molecular flexibility index (Phi) is 4.96. The fourth-order valence-corrected chi connectivity index (χ4v) is 2.75. The number of aromatic nitrogens is 1. The number of nitrogens with zero attached hydrogens (tertiary/aromatic N) is 1. The van der Waals surface area contributed by atoms with E-state index in [4.69, 9.17) is 9.47 Å². The molecule has 1 aromatic heterocycles. The maximum absolute atomic E-state index is 12.5. The van der Waals surface area contributed by atoms with Gasteiger partial charge in [0, 0.05) is 31.1 Å². The number of carbonyl (C=O) groups excluding carboxylic acids is 1. The van der Waals surface area contributed by atoms with Crippen LogP contribution >= 0.6 is 0 Å². The number of amides is 1. The summed E-state index contributed by atoms with van der Waals surface area (Å²) in [4.78, 5) is 24.8. The highest BCUT2D eigenvalue weighted by Crippen LogP contribution is 2.18. The van der Waals surface area contributed by atoms with Crippen molar-refractivity contribution in [3.63, 3.8) is 0 Å². The smallest absolute Gasteiger partial charge is 0.258 e. The Balaban J connectivity index is 1.87. The molecule has 1 aliphatic rings. The lowest BCUT2D eigenvalue weighted by Gasteiger charge is -2.14. The van der Waals surface area contributed by atoms with Gasteiger partial charge in [0.15, 0.2) is 0 Å². The van der Waals surface area contributed by atoms with E-state index < -0.39 is 0 Å². The van der Waals surface area contributed by atoms with E-state index in [-0.39, 0.29) is 23.3 Å². The highest BCUT2D eigenvalue weighted by atomic mass is 16.5. The summed E-state index contributed by atoms with van der Waals surface area (Å²) in [5.74, 6) is -0.0240. The van der Waals surface area contributed by atoms with Crippen molar-refractivity contribution in [1.82, 2.24) is 9.88 Å². The van der Waals surface area contributed by atoms with Crippen molar-refractivity contribution in [3.8, 4) is 11.4 Å². The highest BCUT2D eigenvalue weighted by Gasteiger charge is 2.19. The van der Waals surface area contributed by atoms with E-state index in [9.17, 15) is 9.59 Å². The number of rotatable bonds is 5. The maximum atomic E-state index is 12.5. The van der Waals surface area contributed by atoms with Gasteiger partial charge in [0.2, 0.25) is 0 Å². The lowest BCUT2D eigenvalue weighted by atomic mass is 10.2. The van der Waals surface area contributed by atoms with Gasteiger partial charge in [-0.1, -0.05) is 18.2 Å². The zero-order valence-corrected chi connectivity index (χ0v) is 13.5. The van der Waals surface area contributed by atoms with Crippen molar-refractivity contribution in [3.05, 3.63) is 58.5 Å². The first-order chi connectivity index (χ1) is 11.7. The number of pyridine rings is 1. The molecular weight excluding hydrogens is 308 g/mol. The minimum absolute atomic E-state index is 0.0555. The SMILES string of the molecule is COc1cc(=O)n(-c2ccccc2)cc1C(=O)NC[C@H]1CCCO1. The third-order valence-electron chi connectivity index (χ3n) is 4.03. The predicted molar refractivity (Wildman–Crippen MR) is 89.9 cm³/mol. The molecule has 1 aliphatic heterocycles. The Morgan fingerprint density at radius 1 is 1.38 bits per heavy atom. The van der Waals surface area contributed by atoms with Crippen LogP contribution in [0.5, 0.6) is 5.75 Å². The average Bonchev–Trinajstić information content (AvgIpc) is 3.13. The number of nitrogens with one attached hydrogen (secondary N) is 1. The van der Waals surface area contributed by atoms with E-state index in [1.807, 2.05) is 30.3 Å². The van der Waals surface area contributed by atoms with Crippen LogP contribution in [-0.2, 0) is 4.74 Å². The van der Waals surface area contributed by atoms with Gasteiger partial charge in [-0.15, -0.1) is 0 Å². The van der Waals surface area contributed by atoms with Gasteiger partial charge in [0.1, 0.15) is 5.75 Å². The van der Waals surface area contributed by atoms with Crippen molar-refractivity contribution in [2.45, 2.75) is 18.9 Å². The molecule has 6 heteroatoms. The molecule has 1 saturated heterocycles. The summed E-state index contributed by atoms with van der Waals surface area (Å²) in [6, 6.07) is 10.5. The van der Waals surface area contributed by atoms with Gasteiger partial charge >= 0.3 is 0 Å².